The number of carbonyl (C=O) groups excluding carboxylic acids is 1. The normalized spacial score (nSPS) is 13.2. The fourth-order valence-corrected chi connectivity index (χ4v) is 4.11. The van der Waals surface area contributed by atoms with Gasteiger partial charge in [0.15, 0.2) is 5.60 Å². The Bertz CT molecular complexity index is 1310. The van der Waals surface area contributed by atoms with Crippen LogP contribution in [0, 0.1) is 0 Å². The lowest BCUT2D eigenvalue weighted by atomic mass is 10.0. The molecule has 0 amide bonds. The topological polar surface area (TPSA) is 71.2 Å². The lowest BCUT2D eigenvalue weighted by Crippen LogP contribution is -2.38. The number of aryl methyl sites for hydroxylation is 1. The van der Waals surface area contributed by atoms with E-state index in [9.17, 15) is 4.79 Å². The Balaban J connectivity index is 1.73. The number of rotatable bonds is 9. The summed E-state index contributed by atoms with van der Waals surface area (Å²) in [5.74, 6) is -0.399. The van der Waals surface area contributed by atoms with Gasteiger partial charge in [-0.25, -0.2) is 4.79 Å². The minimum atomic E-state index is -1.03. The summed E-state index contributed by atoms with van der Waals surface area (Å²) in [6.45, 7) is 7.17. The van der Waals surface area contributed by atoms with Gasteiger partial charge in [-0.1, -0.05) is 48.9 Å². The van der Waals surface area contributed by atoms with Crippen molar-refractivity contribution in [2.75, 3.05) is 7.11 Å². The van der Waals surface area contributed by atoms with E-state index in [0.29, 0.717) is 18.0 Å². The van der Waals surface area contributed by atoms with Crippen LogP contribution in [0.5, 0.6) is 0 Å². The first-order chi connectivity index (χ1) is 16.4. The predicted octanol–water partition coefficient (Wildman–Crippen LogP) is 5.48. The quantitative estimate of drug-likeness (QED) is 0.297. The van der Waals surface area contributed by atoms with Gasteiger partial charge in [-0.2, -0.15) is 10.2 Å². The molecule has 0 aliphatic heterocycles. The van der Waals surface area contributed by atoms with Gasteiger partial charge in [-0.05, 0) is 44.0 Å². The molecule has 0 aliphatic carbocycles. The van der Waals surface area contributed by atoms with Crippen LogP contribution in [0.25, 0.3) is 22.2 Å². The number of fused-ring (bicyclic) bond motifs is 1. The van der Waals surface area contributed by atoms with Crippen LogP contribution in [-0.2, 0) is 34.0 Å². The number of methoxy groups -OCH3 is 1. The van der Waals surface area contributed by atoms with Crippen molar-refractivity contribution in [3.8, 4) is 11.3 Å². The molecule has 0 radical (unpaired) electrons. The van der Waals surface area contributed by atoms with E-state index in [4.69, 9.17) is 26.2 Å². The highest BCUT2D eigenvalue weighted by atomic mass is 35.5. The molecule has 0 saturated carbocycles. The number of carbonyl (C=O) groups is 1. The second kappa shape index (κ2) is 9.99. The lowest BCUT2D eigenvalue weighted by molar-refractivity contribution is -0.169. The molecule has 8 heteroatoms. The molecule has 0 N–H and O–H groups in total. The highest BCUT2D eigenvalue weighted by Crippen LogP contribution is 2.28. The number of benzene rings is 2. The minimum absolute atomic E-state index is 0.178. The third-order valence-corrected chi connectivity index (χ3v) is 6.55. The Morgan fingerprint density at radius 2 is 1.91 bits per heavy atom. The number of esters is 1. The second-order valence-electron chi connectivity index (χ2n) is 8.37. The first kappa shape index (κ1) is 24.0. The van der Waals surface area contributed by atoms with Gasteiger partial charge < -0.3 is 9.47 Å². The summed E-state index contributed by atoms with van der Waals surface area (Å²) in [7, 11) is 1.37. The first-order valence-electron chi connectivity index (χ1n) is 11.4. The maximum Gasteiger partial charge on any atom is 0.337 e. The van der Waals surface area contributed by atoms with E-state index in [1.54, 1.807) is 6.92 Å². The number of hydrogen-bond donors (Lipinski definition) is 0. The molecular formula is C26H29ClN4O3. The SMILES string of the molecule is CCn1ncc2ccc(-c3cc(CO[C@@](C)(CC)C(=O)OC)nn3Cc3ccccc3Cl)cc21. The minimum Gasteiger partial charge on any atom is -0.467 e. The molecular weight excluding hydrogens is 452 g/mol. The molecule has 178 valence electrons. The number of aromatic nitrogens is 4. The van der Waals surface area contributed by atoms with Crippen molar-refractivity contribution in [3.63, 3.8) is 0 Å². The third-order valence-electron chi connectivity index (χ3n) is 6.18. The average molecular weight is 481 g/mol. The molecule has 0 unspecified atom stereocenters. The molecule has 4 rings (SSSR count). The summed E-state index contributed by atoms with van der Waals surface area (Å²) in [5.41, 5.74) is 3.66. The highest BCUT2D eigenvalue weighted by Gasteiger charge is 2.34. The number of nitrogens with zero attached hydrogens (tertiary/aromatic N) is 4. The van der Waals surface area contributed by atoms with Crippen LogP contribution in [-0.4, -0.2) is 38.2 Å². The molecule has 0 fully saturated rings. The average Bonchev–Trinajstić information content (AvgIpc) is 3.46. The monoisotopic (exact) mass is 480 g/mol. The van der Waals surface area contributed by atoms with Crippen molar-refractivity contribution in [1.29, 1.82) is 0 Å². The summed E-state index contributed by atoms with van der Waals surface area (Å²) in [6, 6.07) is 16.0. The van der Waals surface area contributed by atoms with E-state index in [0.717, 1.165) is 40.0 Å². The van der Waals surface area contributed by atoms with E-state index >= 15 is 0 Å². The zero-order chi connectivity index (χ0) is 24.3. The fourth-order valence-electron chi connectivity index (χ4n) is 3.92. The van der Waals surface area contributed by atoms with Crippen molar-refractivity contribution < 1.29 is 14.3 Å². The second-order valence-corrected chi connectivity index (χ2v) is 8.78. The summed E-state index contributed by atoms with van der Waals surface area (Å²) in [6.07, 6.45) is 2.37. The molecule has 2 aromatic carbocycles. The Kier molecular flexibility index (Phi) is 7.05. The van der Waals surface area contributed by atoms with Crippen molar-refractivity contribution in [2.45, 2.75) is 52.5 Å². The van der Waals surface area contributed by atoms with Crippen LogP contribution in [0.3, 0.4) is 0 Å². The Morgan fingerprint density at radius 1 is 1.12 bits per heavy atom. The van der Waals surface area contributed by atoms with Gasteiger partial charge in [0, 0.05) is 22.5 Å². The number of ether oxygens (including phenoxy) is 2. The van der Waals surface area contributed by atoms with Gasteiger partial charge in [0.1, 0.15) is 0 Å². The summed E-state index contributed by atoms with van der Waals surface area (Å²) < 4.78 is 14.8. The largest absolute Gasteiger partial charge is 0.467 e. The lowest BCUT2D eigenvalue weighted by Gasteiger charge is -2.24. The summed E-state index contributed by atoms with van der Waals surface area (Å²) >= 11 is 6.44. The Morgan fingerprint density at radius 3 is 2.62 bits per heavy atom. The molecule has 0 aliphatic rings. The van der Waals surface area contributed by atoms with Crippen LogP contribution in [0.15, 0.2) is 54.7 Å². The molecule has 1 atom stereocenters. The Hall–Kier alpha value is -3.16. The maximum atomic E-state index is 12.2. The van der Waals surface area contributed by atoms with E-state index in [2.05, 4.69) is 30.2 Å². The van der Waals surface area contributed by atoms with Crippen LogP contribution in [0.1, 0.15) is 38.4 Å². The van der Waals surface area contributed by atoms with Crippen molar-refractivity contribution >= 4 is 28.5 Å². The third kappa shape index (κ3) is 4.72. The van der Waals surface area contributed by atoms with Gasteiger partial charge in [0.25, 0.3) is 0 Å². The molecule has 4 aromatic rings. The molecule has 0 spiro atoms. The zero-order valence-corrected chi connectivity index (χ0v) is 20.7. The standard InChI is InChI=1S/C26H29ClN4O3/c1-5-26(3,25(32)33-4)34-17-21-14-24(31(29-21)16-20-9-7-8-10-22(20)27)18-11-12-19-15-28-30(6-2)23(19)13-18/h7-15H,5-6,16-17H2,1-4H3/t26-/m0/s1. The van der Waals surface area contributed by atoms with Gasteiger partial charge in [0.2, 0.25) is 0 Å². The Labute approximate surface area is 204 Å². The molecule has 2 aromatic heterocycles. The highest BCUT2D eigenvalue weighted by molar-refractivity contribution is 6.31. The number of hydrogen-bond acceptors (Lipinski definition) is 5. The maximum absolute atomic E-state index is 12.2. The number of halogens is 1. The smallest absolute Gasteiger partial charge is 0.337 e. The van der Waals surface area contributed by atoms with E-state index < -0.39 is 11.6 Å². The molecule has 34 heavy (non-hydrogen) atoms. The van der Waals surface area contributed by atoms with Crippen LogP contribution >= 0.6 is 11.6 Å². The van der Waals surface area contributed by atoms with Crippen LogP contribution < -0.4 is 0 Å². The predicted molar refractivity (Wildman–Crippen MR) is 133 cm³/mol. The van der Waals surface area contributed by atoms with E-state index in [1.807, 2.05) is 52.8 Å². The zero-order valence-electron chi connectivity index (χ0n) is 19.9. The summed E-state index contributed by atoms with van der Waals surface area (Å²) in [5, 5.41) is 11.0. The fraction of sp³-hybridized carbons (Fsp3) is 0.346. The van der Waals surface area contributed by atoms with Gasteiger partial charge in [-0.3, -0.25) is 9.36 Å². The van der Waals surface area contributed by atoms with Crippen LogP contribution in [0.2, 0.25) is 5.02 Å². The molecule has 7 nitrogen and oxygen atoms in total. The van der Waals surface area contributed by atoms with Gasteiger partial charge in [-0.15, -0.1) is 0 Å². The van der Waals surface area contributed by atoms with Gasteiger partial charge >= 0.3 is 5.97 Å². The molecule has 0 saturated heterocycles. The first-order valence-corrected chi connectivity index (χ1v) is 11.7. The van der Waals surface area contributed by atoms with Gasteiger partial charge in [0.05, 0.1) is 43.4 Å². The van der Waals surface area contributed by atoms with Crippen LogP contribution in [0.4, 0.5) is 0 Å². The van der Waals surface area contributed by atoms with E-state index in [1.165, 1.54) is 7.11 Å². The van der Waals surface area contributed by atoms with Crippen molar-refractivity contribution in [1.82, 2.24) is 19.6 Å². The van der Waals surface area contributed by atoms with Crippen molar-refractivity contribution in [2.24, 2.45) is 0 Å². The molecule has 0 bridgehead atoms. The summed E-state index contributed by atoms with van der Waals surface area (Å²) in [4.78, 5) is 12.2. The van der Waals surface area contributed by atoms with Crippen molar-refractivity contribution in [3.05, 3.63) is 71.0 Å². The molecule has 2 heterocycles. The van der Waals surface area contributed by atoms with E-state index in [-0.39, 0.29) is 6.61 Å².